The van der Waals surface area contributed by atoms with E-state index in [-0.39, 0.29) is 24.0 Å². The summed E-state index contributed by atoms with van der Waals surface area (Å²) in [7, 11) is 0. The first-order valence-corrected chi connectivity index (χ1v) is 8.78. The van der Waals surface area contributed by atoms with Crippen LogP contribution < -0.4 is 10.6 Å². The van der Waals surface area contributed by atoms with Crippen LogP contribution in [0.5, 0.6) is 0 Å². The second-order valence-corrected chi connectivity index (χ2v) is 6.67. The Hall–Kier alpha value is -0.0200. The van der Waals surface area contributed by atoms with Crippen molar-refractivity contribution in [3.05, 3.63) is 16.1 Å². The first-order chi connectivity index (χ1) is 9.19. The highest BCUT2D eigenvalue weighted by atomic mass is 127. The van der Waals surface area contributed by atoms with Crippen LogP contribution in [-0.2, 0) is 13.0 Å². The van der Waals surface area contributed by atoms with E-state index >= 15 is 0 Å². The van der Waals surface area contributed by atoms with Crippen molar-refractivity contribution in [1.29, 1.82) is 0 Å². The SMILES string of the molecule is CCNC(=NCc1ncc(CC)s1)NCC(C)SC.I. The molecular formula is C13H25IN4S2. The number of halogens is 1. The minimum absolute atomic E-state index is 0. The molecule has 0 saturated heterocycles. The summed E-state index contributed by atoms with van der Waals surface area (Å²) < 4.78 is 0. The van der Waals surface area contributed by atoms with Gasteiger partial charge < -0.3 is 10.6 Å². The van der Waals surface area contributed by atoms with Crippen molar-refractivity contribution in [1.82, 2.24) is 15.6 Å². The van der Waals surface area contributed by atoms with Crippen molar-refractivity contribution < 1.29 is 0 Å². The number of nitrogens with zero attached hydrogens (tertiary/aromatic N) is 2. The molecule has 116 valence electrons. The third-order valence-electron chi connectivity index (χ3n) is 2.63. The number of thiazole rings is 1. The lowest BCUT2D eigenvalue weighted by atomic mass is 10.4. The Balaban J connectivity index is 0.00000361. The molecule has 0 bridgehead atoms. The molecule has 0 amide bonds. The fourth-order valence-corrected chi connectivity index (χ4v) is 2.43. The third-order valence-corrected chi connectivity index (χ3v) is 4.72. The number of hydrogen-bond acceptors (Lipinski definition) is 4. The molecule has 0 saturated carbocycles. The maximum Gasteiger partial charge on any atom is 0.191 e. The number of rotatable bonds is 7. The summed E-state index contributed by atoms with van der Waals surface area (Å²) >= 11 is 3.59. The summed E-state index contributed by atoms with van der Waals surface area (Å²) in [5, 5.41) is 8.27. The van der Waals surface area contributed by atoms with Gasteiger partial charge in [0.05, 0.1) is 6.54 Å². The second-order valence-electron chi connectivity index (χ2n) is 4.20. The van der Waals surface area contributed by atoms with Crippen LogP contribution in [0.3, 0.4) is 0 Å². The summed E-state index contributed by atoms with van der Waals surface area (Å²) in [6.45, 7) is 8.87. The van der Waals surface area contributed by atoms with E-state index in [0.717, 1.165) is 30.5 Å². The van der Waals surface area contributed by atoms with Crippen LogP contribution in [0.2, 0.25) is 0 Å². The Morgan fingerprint density at radius 3 is 2.75 bits per heavy atom. The quantitative estimate of drug-likeness (QED) is 0.398. The molecule has 1 aromatic heterocycles. The number of nitrogens with one attached hydrogen (secondary N) is 2. The van der Waals surface area contributed by atoms with E-state index in [2.05, 4.69) is 47.6 Å². The summed E-state index contributed by atoms with van der Waals surface area (Å²) in [6.07, 6.45) is 5.12. The number of guanidine groups is 1. The van der Waals surface area contributed by atoms with E-state index in [1.165, 1.54) is 4.88 Å². The van der Waals surface area contributed by atoms with Crippen LogP contribution >= 0.6 is 47.1 Å². The number of aliphatic imine (C=N–C) groups is 1. The van der Waals surface area contributed by atoms with Crippen LogP contribution in [0.25, 0.3) is 0 Å². The van der Waals surface area contributed by atoms with Gasteiger partial charge in [0.25, 0.3) is 0 Å². The highest BCUT2D eigenvalue weighted by molar-refractivity contribution is 14.0. The highest BCUT2D eigenvalue weighted by Gasteiger charge is 2.03. The van der Waals surface area contributed by atoms with E-state index in [4.69, 9.17) is 0 Å². The van der Waals surface area contributed by atoms with Crippen LogP contribution in [0.15, 0.2) is 11.2 Å². The van der Waals surface area contributed by atoms with E-state index in [1.54, 1.807) is 11.3 Å². The maximum absolute atomic E-state index is 4.57. The van der Waals surface area contributed by atoms with Gasteiger partial charge in [0.15, 0.2) is 5.96 Å². The second kappa shape index (κ2) is 11.6. The lowest BCUT2D eigenvalue weighted by molar-refractivity contribution is 0.795. The molecule has 7 heteroatoms. The third kappa shape index (κ3) is 7.68. The number of aryl methyl sites for hydroxylation is 1. The molecular weight excluding hydrogens is 403 g/mol. The summed E-state index contributed by atoms with van der Waals surface area (Å²) in [6, 6.07) is 0. The first kappa shape index (κ1) is 20.0. The molecule has 1 heterocycles. The van der Waals surface area contributed by atoms with Crippen molar-refractivity contribution in [3.63, 3.8) is 0 Å². The monoisotopic (exact) mass is 428 g/mol. The molecule has 0 aliphatic carbocycles. The van der Waals surface area contributed by atoms with Gasteiger partial charge >= 0.3 is 0 Å². The average molecular weight is 428 g/mol. The van der Waals surface area contributed by atoms with Gasteiger partial charge in [0, 0.05) is 29.4 Å². The first-order valence-electron chi connectivity index (χ1n) is 6.68. The van der Waals surface area contributed by atoms with Gasteiger partial charge in [-0.05, 0) is 19.6 Å². The van der Waals surface area contributed by atoms with E-state index in [9.17, 15) is 0 Å². The van der Waals surface area contributed by atoms with Gasteiger partial charge in [-0.25, -0.2) is 9.98 Å². The molecule has 4 nitrogen and oxygen atoms in total. The largest absolute Gasteiger partial charge is 0.357 e. The minimum atomic E-state index is 0. The number of aromatic nitrogens is 1. The zero-order valence-electron chi connectivity index (χ0n) is 12.6. The van der Waals surface area contributed by atoms with Gasteiger partial charge in [0.2, 0.25) is 0 Å². The Morgan fingerprint density at radius 1 is 1.45 bits per heavy atom. The van der Waals surface area contributed by atoms with E-state index in [0.29, 0.717) is 11.8 Å². The van der Waals surface area contributed by atoms with E-state index < -0.39 is 0 Å². The predicted molar refractivity (Wildman–Crippen MR) is 103 cm³/mol. The fraction of sp³-hybridized carbons (Fsp3) is 0.692. The van der Waals surface area contributed by atoms with Gasteiger partial charge in [-0.3, -0.25) is 0 Å². The molecule has 0 aromatic carbocycles. The molecule has 20 heavy (non-hydrogen) atoms. The Labute approximate surface area is 147 Å². The zero-order chi connectivity index (χ0) is 14.1. The van der Waals surface area contributed by atoms with E-state index in [1.807, 2.05) is 18.0 Å². The Bertz CT molecular complexity index is 395. The normalized spacial score (nSPS) is 12.7. The molecule has 0 spiro atoms. The topological polar surface area (TPSA) is 49.3 Å². The van der Waals surface area contributed by atoms with Crippen molar-refractivity contribution in [2.45, 2.75) is 39.0 Å². The van der Waals surface area contributed by atoms with Crippen molar-refractivity contribution in [2.24, 2.45) is 4.99 Å². The Kier molecular flexibility index (Phi) is 11.6. The van der Waals surface area contributed by atoms with Crippen LogP contribution in [0.1, 0.15) is 30.7 Å². The van der Waals surface area contributed by atoms with Gasteiger partial charge in [-0.15, -0.1) is 35.3 Å². The summed E-state index contributed by atoms with van der Waals surface area (Å²) in [5.41, 5.74) is 0. The van der Waals surface area contributed by atoms with Crippen molar-refractivity contribution in [3.8, 4) is 0 Å². The Morgan fingerprint density at radius 2 is 2.20 bits per heavy atom. The maximum atomic E-state index is 4.57. The van der Waals surface area contributed by atoms with Crippen LogP contribution in [0.4, 0.5) is 0 Å². The molecule has 0 aliphatic heterocycles. The molecule has 0 radical (unpaired) electrons. The molecule has 1 unspecified atom stereocenters. The van der Waals surface area contributed by atoms with Gasteiger partial charge in [-0.2, -0.15) is 11.8 Å². The summed E-state index contributed by atoms with van der Waals surface area (Å²) in [4.78, 5) is 10.3. The lowest BCUT2D eigenvalue weighted by Gasteiger charge is -2.13. The molecule has 2 N–H and O–H groups in total. The standard InChI is InChI=1S/C13H24N4S2.HI/c1-5-11-8-15-12(19-11)9-17-13(14-6-2)16-7-10(3)18-4;/h8,10H,5-7,9H2,1-4H3,(H2,14,16,17);1H. The molecule has 0 aliphatic rings. The average Bonchev–Trinajstić information content (AvgIpc) is 2.89. The number of thioether (sulfide) groups is 1. The van der Waals surface area contributed by atoms with Crippen LogP contribution in [-0.4, -0.2) is 35.5 Å². The molecule has 1 rings (SSSR count). The lowest BCUT2D eigenvalue weighted by Crippen LogP contribution is -2.40. The van der Waals surface area contributed by atoms with Gasteiger partial charge in [-0.1, -0.05) is 13.8 Å². The molecule has 1 aromatic rings. The smallest absolute Gasteiger partial charge is 0.191 e. The fourth-order valence-electron chi connectivity index (χ4n) is 1.40. The predicted octanol–water partition coefficient (Wildman–Crippen LogP) is 3.13. The van der Waals surface area contributed by atoms with Gasteiger partial charge in [0.1, 0.15) is 5.01 Å². The summed E-state index contributed by atoms with van der Waals surface area (Å²) in [5.74, 6) is 0.872. The zero-order valence-corrected chi connectivity index (χ0v) is 16.6. The molecule has 1 atom stereocenters. The highest BCUT2D eigenvalue weighted by Crippen LogP contribution is 2.13. The van der Waals surface area contributed by atoms with Crippen molar-refractivity contribution >= 4 is 53.0 Å². The minimum Gasteiger partial charge on any atom is -0.357 e. The molecule has 0 fully saturated rings. The van der Waals surface area contributed by atoms with Crippen molar-refractivity contribution in [2.75, 3.05) is 19.3 Å². The number of hydrogen-bond donors (Lipinski definition) is 2. The van der Waals surface area contributed by atoms with Crippen LogP contribution in [0, 0.1) is 0 Å².